The molecule has 0 aromatic carbocycles. The molecule has 1 spiro atoms. The molecule has 2 heterocycles. The smallest absolute Gasteiger partial charge is 0.136 e. The van der Waals surface area contributed by atoms with Gasteiger partial charge in [0.2, 0.25) is 0 Å². The average Bonchev–Trinajstić information content (AvgIpc) is 2.46. The minimum absolute atomic E-state index is 0.0902. The van der Waals surface area contributed by atoms with Gasteiger partial charge in [0.05, 0.1) is 5.60 Å². The van der Waals surface area contributed by atoms with Gasteiger partial charge in [0.15, 0.2) is 0 Å². The Balaban J connectivity index is 1.89. The molecule has 2 aliphatic rings. The summed E-state index contributed by atoms with van der Waals surface area (Å²) < 4.78 is 11.5. The van der Waals surface area contributed by atoms with Crippen molar-refractivity contribution in [3.8, 4) is 0 Å². The van der Waals surface area contributed by atoms with Crippen LogP contribution in [-0.4, -0.2) is 37.7 Å². The van der Waals surface area contributed by atoms with Crippen molar-refractivity contribution >= 4 is 5.78 Å². The molecule has 0 saturated carbocycles. The third-order valence-corrected chi connectivity index (χ3v) is 4.98. The van der Waals surface area contributed by atoms with Crippen molar-refractivity contribution in [2.45, 2.75) is 58.0 Å². The molecule has 0 bridgehead atoms. The van der Waals surface area contributed by atoms with Crippen LogP contribution in [0.3, 0.4) is 0 Å². The highest BCUT2D eigenvalue weighted by Crippen LogP contribution is 2.38. The maximum atomic E-state index is 12.6. The fraction of sp³-hybridized carbons (Fsp3) is 0.941. The fourth-order valence-corrected chi connectivity index (χ4v) is 3.78. The third kappa shape index (κ3) is 4.76. The lowest BCUT2D eigenvalue weighted by Gasteiger charge is -2.43. The van der Waals surface area contributed by atoms with Gasteiger partial charge in [-0.2, -0.15) is 0 Å². The van der Waals surface area contributed by atoms with Crippen LogP contribution in [0.1, 0.15) is 52.4 Å². The maximum absolute atomic E-state index is 12.6. The monoisotopic (exact) mass is 297 g/mol. The van der Waals surface area contributed by atoms with Crippen LogP contribution in [0.25, 0.3) is 0 Å². The lowest BCUT2D eigenvalue weighted by Crippen LogP contribution is -2.46. The normalized spacial score (nSPS) is 27.0. The molecule has 0 aromatic heterocycles. The summed E-state index contributed by atoms with van der Waals surface area (Å²) in [6, 6.07) is 0. The molecule has 0 aromatic rings. The summed E-state index contributed by atoms with van der Waals surface area (Å²) in [6.07, 6.45) is 5.32. The Morgan fingerprint density at radius 1 is 1.29 bits per heavy atom. The van der Waals surface area contributed by atoms with E-state index in [2.05, 4.69) is 13.8 Å². The fourth-order valence-electron chi connectivity index (χ4n) is 3.78. The minimum Gasteiger partial charge on any atom is -0.381 e. The number of ketones is 1. The van der Waals surface area contributed by atoms with Gasteiger partial charge in [0.25, 0.3) is 0 Å². The number of carbonyl (C=O) groups is 1. The molecule has 122 valence electrons. The number of hydrogen-bond acceptors (Lipinski definition) is 4. The zero-order valence-corrected chi connectivity index (χ0v) is 13.6. The van der Waals surface area contributed by atoms with Crippen molar-refractivity contribution in [1.82, 2.24) is 0 Å². The zero-order valence-electron chi connectivity index (χ0n) is 13.6. The van der Waals surface area contributed by atoms with Crippen molar-refractivity contribution in [3.63, 3.8) is 0 Å². The second-order valence-corrected chi connectivity index (χ2v) is 7.24. The molecule has 0 aliphatic carbocycles. The molecular weight excluding hydrogens is 266 g/mol. The Morgan fingerprint density at radius 3 is 2.62 bits per heavy atom. The van der Waals surface area contributed by atoms with Crippen LogP contribution in [0.15, 0.2) is 0 Å². The number of nitrogens with two attached hydrogens (primary N) is 1. The topological polar surface area (TPSA) is 61.6 Å². The van der Waals surface area contributed by atoms with Crippen LogP contribution in [0.5, 0.6) is 0 Å². The average molecular weight is 297 g/mol. The molecule has 2 saturated heterocycles. The van der Waals surface area contributed by atoms with E-state index in [1.54, 1.807) is 0 Å². The Bertz CT molecular complexity index is 331. The van der Waals surface area contributed by atoms with Crippen LogP contribution in [-0.2, 0) is 14.3 Å². The summed E-state index contributed by atoms with van der Waals surface area (Å²) in [4.78, 5) is 12.6. The van der Waals surface area contributed by atoms with Crippen molar-refractivity contribution in [3.05, 3.63) is 0 Å². The van der Waals surface area contributed by atoms with Gasteiger partial charge in [0, 0.05) is 32.2 Å². The van der Waals surface area contributed by atoms with Gasteiger partial charge in [-0.1, -0.05) is 13.8 Å². The van der Waals surface area contributed by atoms with Gasteiger partial charge >= 0.3 is 0 Å². The first kappa shape index (κ1) is 16.9. The van der Waals surface area contributed by atoms with E-state index in [0.29, 0.717) is 37.2 Å². The zero-order chi connectivity index (χ0) is 15.3. The lowest BCUT2D eigenvalue weighted by molar-refractivity contribution is -0.157. The van der Waals surface area contributed by atoms with Gasteiger partial charge in [-0.3, -0.25) is 4.79 Å². The first-order valence-corrected chi connectivity index (χ1v) is 8.49. The summed E-state index contributed by atoms with van der Waals surface area (Å²) in [5.41, 5.74) is 5.75. The van der Waals surface area contributed by atoms with E-state index in [0.717, 1.165) is 45.3 Å². The van der Waals surface area contributed by atoms with Crippen molar-refractivity contribution in [2.24, 2.45) is 23.5 Å². The van der Waals surface area contributed by atoms with Gasteiger partial charge in [-0.15, -0.1) is 0 Å². The first-order valence-electron chi connectivity index (χ1n) is 8.49. The third-order valence-electron chi connectivity index (χ3n) is 4.98. The molecule has 21 heavy (non-hydrogen) atoms. The van der Waals surface area contributed by atoms with Crippen LogP contribution >= 0.6 is 0 Å². The second-order valence-electron chi connectivity index (χ2n) is 7.24. The van der Waals surface area contributed by atoms with Gasteiger partial charge in [-0.25, -0.2) is 0 Å². The van der Waals surface area contributed by atoms with Gasteiger partial charge in [-0.05, 0) is 50.5 Å². The molecule has 2 atom stereocenters. The number of carbonyl (C=O) groups excluding carboxylic acids is 1. The van der Waals surface area contributed by atoms with Crippen molar-refractivity contribution in [2.75, 3.05) is 26.4 Å². The van der Waals surface area contributed by atoms with E-state index in [1.165, 1.54) is 0 Å². The summed E-state index contributed by atoms with van der Waals surface area (Å²) in [6.45, 7) is 7.25. The molecule has 2 rings (SSSR count). The lowest BCUT2D eigenvalue weighted by atomic mass is 9.77. The number of ether oxygens (including phenoxy) is 2. The highest BCUT2D eigenvalue weighted by atomic mass is 16.5. The van der Waals surface area contributed by atoms with E-state index in [1.807, 2.05) is 0 Å². The van der Waals surface area contributed by atoms with Crippen LogP contribution in [0.2, 0.25) is 0 Å². The SMILES string of the molecule is CC(C)CC(CN)CC(=O)C1CCOC2(CCOCC2)C1. The standard InChI is InChI=1S/C17H31NO3/c1-13(2)9-14(12-18)10-16(19)15-3-6-21-17(11-15)4-7-20-8-5-17/h13-15H,3-12,18H2,1-2H3. The predicted molar refractivity (Wildman–Crippen MR) is 83.1 cm³/mol. The second kappa shape index (κ2) is 7.70. The Hall–Kier alpha value is -0.450. The van der Waals surface area contributed by atoms with E-state index in [-0.39, 0.29) is 11.5 Å². The van der Waals surface area contributed by atoms with Gasteiger partial charge in [0.1, 0.15) is 5.78 Å². The largest absolute Gasteiger partial charge is 0.381 e. The Kier molecular flexibility index (Phi) is 6.20. The molecule has 0 radical (unpaired) electrons. The maximum Gasteiger partial charge on any atom is 0.136 e. The van der Waals surface area contributed by atoms with E-state index in [9.17, 15) is 4.79 Å². The molecular formula is C17H31NO3. The molecule has 4 heteroatoms. The molecule has 2 fully saturated rings. The quantitative estimate of drug-likeness (QED) is 0.818. The summed E-state index contributed by atoms with van der Waals surface area (Å²) in [7, 11) is 0. The minimum atomic E-state index is -0.0902. The van der Waals surface area contributed by atoms with Crippen molar-refractivity contribution < 1.29 is 14.3 Å². The van der Waals surface area contributed by atoms with Crippen molar-refractivity contribution in [1.29, 1.82) is 0 Å². The molecule has 2 N–H and O–H groups in total. The number of hydrogen-bond donors (Lipinski definition) is 1. The van der Waals surface area contributed by atoms with E-state index in [4.69, 9.17) is 15.2 Å². The first-order chi connectivity index (χ1) is 10.0. The van der Waals surface area contributed by atoms with E-state index < -0.39 is 0 Å². The number of Topliss-reactive ketones (excluding diaryl/α,β-unsaturated/α-hetero) is 1. The van der Waals surface area contributed by atoms with Crippen LogP contribution in [0.4, 0.5) is 0 Å². The van der Waals surface area contributed by atoms with Crippen LogP contribution < -0.4 is 5.73 Å². The van der Waals surface area contributed by atoms with E-state index >= 15 is 0 Å². The Morgan fingerprint density at radius 2 is 2.00 bits per heavy atom. The highest BCUT2D eigenvalue weighted by Gasteiger charge is 2.41. The molecule has 2 unspecified atom stereocenters. The highest BCUT2D eigenvalue weighted by molar-refractivity contribution is 5.81. The summed E-state index contributed by atoms with van der Waals surface area (Å²) in [5, 5.41) is 0. The molecule has 0 amide bonds. The summed E-state index contributed by atoms with van der Waals surface area (Å²) in [5.74, 6) is 1.51. The molecule has 4 nitrogen and oxygen atoms in total. The molecule has 2 aliphatic heterocycles. The Labute approximate surface area is 128 Å². The van der Waals surface area contributed by atoms with Gasteiger partial charge < -0.3 is 15.2 Å². The van der Waals surface area contributed by atoms with Crippen LogP contribution in [0, 0.1) is 17.8 Å². The predicted octanol–water partition coefficient (Wildman–Crippen LogP) is 2.54. The summed E-state index contributed by atoms with van der Waals surface area (Å²) >= 11 is 0. The number of rotatable bonds is 6.